The predicted octanol–water partition coefficient (Wildman–Crippen LogP) is 4.72. The standard InChI is InChI=1S/C27H27N2O4S/c1-20(30)32-18-16-28-15-14-22(23-9-3-4-10-24(23)28)8-7-13-27-29(17-19-33-21(2)31)25-11-5-6-12-26(25)34-27/h3-15H,16-19H2,1-2H3/q+1. The monoisotopic (exact) mass is 475 g/mol. The van der Waals surface area contributed by atoms with Crippen LogP contribution in [0.5, 0.6) is 0 Å². The van der Waals surface area contributed by atoms with Crippen LogP contribution in [0.15, 0.2) is 82.9 Å². The summed E-state index contributed by atoms with van der Waals surface area (Å²) in [5, 5.41) is 2.21. The number of thioether (sulfide) groups is 1. The normalized spacial score (nSPS) is 14.1. The maximum atomic E-state index is 11.2. The summed E-state index contributed by atoms with van der Waals surface area (Å²) in [4.78, 5) is 25.7. The minimum atomic E-state index is -0.272. The first-order valence-corrected chi connectivity index (χ1v) is 12.0. The van der Waals surface area contributed by atoms with Gasteiger partial charge in [-0.3, -0.25) is 9.59 Å². The Morgan fingerprint density at radius 2 is 1.71 bits per heavy atom. The number of para-hydroxylation sites is 2. The Kier molecular flexibility index (Phi) is 7.65. The van der Waals surface area contributed by atoms with Crippen molar-refractivity contribution in [2.24, 2.45) is 0 Å². The van der Waals surface area contributed by atoms with Crippen LogP contribution >= 0.6 is 11.8 Å². The molecule has 1 aliphatic rings. The van der Waals surface area contributed by atoms with E-state index in [1.165, 1.54) is 18.7 Å². The first-order chi connectivity index (χ1) is 16.5. The number of allylic oxidation sites excluding steroid dienone is 2. The number of pyridine rings is 1. The summed E-state index contributed by atoms with van der Waals surface area (Å²) >= 11 is 1.71. The highest BCUT2D eigenvalue weighted by Crippen LogP contribution is 2.45. The molecule has 34 heavy (non-hydrogen) atoms. The summed E-state index contributed by atoms with van der Waals surface area (Å²) in [6.07, 6.45) is 8.26. The third-order valence-corrected chi connectivity index (χ3v) is 6.50. The van der Waals surface area contributed by atoms with Crippen molar-refractivity contribution in [3.05, 3.63) is 83.5 Å². The number of rotatable bonds is 8. The molecule has 0 unspecified atom stereocenters. The topological polar surface area (TPSA) is 59.7 Å². The van der Waals surface area contributed by atoms with Gasteiger partial charge in [0.25, 0.3) is 0 Å². The molecule has 4 rings (SSSR count). The molecule has 0 saturated carbocycles. The van der Waals surface area contributed by atoms with Gasteiger partial charge in [0.2, 0.25) is 5.52 Å². The quantitative estimate of drug-likeness (QED) is 0.347. The number of nitrogens with zero attached hydrogens (tertiary/aromatic N) is 2. The number of hydrogen-bond donors (Lipinski definition) is 0. The van der Waals surface area contributed by atoms with E-state index in [9.17, 15) is 9.59 Å². The molecule has 0 saturated heterocycles. The molecular weight excluding hydrogens is 448 g/mol. The number of benzene rings is 2. The van der Waals surface area contributed by atoms with Gasteiger partial charge in [-0.05, 0) is 29.8 Å². The minimum Gasteiger partial charge on any atom is -0.464 e. The summed E-state index contributed by atoms with van der Waals surface area (Å²) in [7, 11) is 0. The molecule has 1 aliphatic heterocycles. The molecular formula is C27H27N2O4S+. The van der Waals surface area contributed by atoms with Crippen LogP contribution in [-0.4, -0.2) is 31.7 Å². The number of carbonyl (C=O) groups is 2. The summed E-state index contributed by atoms with van der Waals surface area (Å²) in [6, 6.07) is 18.5. The number of carbonyl (C=O) groups excluding carboxylic acids is 2. The van der Waals surface area contributed by atoms with Gasteiger partial charge in [-0.25, -0.2) is 0 Å². The molecule has 0 radical (unpaired) electrons. The Labute approximate surface area is 203 Å². The molecule has 2 aromatic carbocycles. The molecule has 0 atom stereocenters. The number of aromatic nitrogens is 1. The van der Waals surface area contributed by atoms with Crippen LogP contribution in [-0.2, 0) is 25.6 Å². The summed E-state index contributed by atoms with van der Waals surface area (Å²) in [5.41, 5.74) is 3.30. The molecule has 1 aromatic heterocycles. The Bertz CT molecular complexity index is 1270. The van der Waals surface area contributed by atoms with E-state index in [-0.39, 0.29) is 11.9 Å². The van der Waals surface area contributed by atoms with Gasteiger partial charge in [-0.15, -0.1) is 0 Å². The van der Waals surface area contributed by atoms with E-state index in [0.717, 1.165) is 27.2 Å². The van der Waals surface area contributed by atoms with E-state index in [2.05, 4.69) is 58.0 Å². The van der Waals surface area contributed by atoms with Crippen LogP contribution < -0.4 is 9.47 Å². The van der Waals surface area contributed by atoms with Crippen molar-refractivity contribution in [2.75, 3.05) is 24.7 Å². The molecule has 2 heterocycles. The van der Waals surface area contributed by atoms with Gasteiger partial charge in [-0.1, -0.05) is 48.2 Å². The Hall–Kier alpha value is -3.58. The van der Waals surface area contributed by atoms with E-state index in [1.54, 1.807) is 11.8 Å². The lowest BCUT2D eigenvalue weighted by Gasteiger charge is -2.19. The second-order valence-electron chi connectivity index (χ2n) is 7.75. The largest absolute Gasteiger partial charge is 0.464 e. The number of ether oxygens (including phenoxy) is 2. The van der Waals surface area contributed by atoms with Gasteiger partial charge in [-0.2, -0.15) is 4.57 Å². The lowest BCUT2D eigenvalue weighted by atomic mass is 10.1. The molecule has 7 heteroatoms. The van der Waals surface area contributed by atoms with E-state index in [1.807, 2.05) is 30.5 Å². The molecule has 0 aliphatic carbocycles. The SMILES string of the molecule is CC(=O)OCCN1C(=CC=Cc2cc[n+](CCOC(C)=O)c3ccccc23)Sc2ccccc21. The maximum Gasteiger partial charge on any atom is 0.302 e. The van der Waals surface area contributed by atoms with E-state index in [4.69, 9.17) is 9.47 Å². The average Bonchev–Trinajstić information content (AvgIpc) is 3.17. The zero-order valence-corrected chi connectivity index (χ0v) is 20.1. The number of fused-ring (bicyclic) bond motifs is 2. The van der Waals surface area contributed by atoms with Crippen LogP contribution in [0.2, 0.25) is 0 Å². The van der Waals surface area contributed by atoms with Crippen LogP contribution in [0.4, 0.5) is 5.69 Å². The van der Waals surface area contributed by atoms with E-state index < -0.39 is 0 Å². The lowest BCUT2D eigenvalue weighted by Crippen LogP contribution is -2.36. The van der Waals surface area contributed by atoms with Crippen LogP contribution in [0.1, 0.15) is 19.4 Å². The average molecular weight is 476 g/mol. The third-order valence-electron chi connectivity index (χ3n) is 5.37. The predicted molar refractivity (Wildman–Crippen MR) is 134 cm³/mol. The highest BCUT2D eigenvalue weighted by Gasteiger charge is 2.24. The van der Waals surface area contributed by atoms with Gasteiger partial charge in [0, 0.05) is 30.9 Å². The highest BCUT2D eigenvalue weighted by molar-refractivity contribution is 8.03. The van der Waals surface area contributed by atoms with Crippen molar-refractivity contribution >= 4 is 46.4 Å². The Balaban J connectivity index is 1.55. The van der Waals surface area contributed by atoms with Crippen molar-refractivity contribution in [1.82, 2.24) is 0 Å². The molecule has 0 fully saturated rings. The lowest BCUT2D eigenvalue weighted by molar-refractivity contribution is -0.672. The fraction of sp³-hybridized carbons (Fsp3) is 0.222. The maximum absolute atomic E-state index is 11.2. The van der Waals surface area contributed by atoms with Gasteiger partial charge >= 0.3 is 11.9 Å². The fourth-order valence-electron chi connectivity index (χ4n) is 3.86. The van der Waals surface area contributed by atoms with Crippen molar-refractivity contribution < 1.29 is 23.6 Å². The van der Waals surface area contributed by atoms with Gasteiger partial charge in [0.05, 0.1) is 22.6 Å². The highest BCUT2D eigenvalue weighted by atomic mass is 32.2. The summed E-state index contributed by atoms with van der Waals surface area (Å²) < 4.78 is 12.4. The Morgan fingerprint density at radius 3 is 2.53 bits per heavy atom. The zero-order valence-electron chi connectivity index (χ0n) is 19.3. The van der Waals surface area contributed by atoms with E-state index >= 15 is 0 Å². The number of esters is 2. The molecule has 0 bridgehead atoms. The number of hydrogen-bond acceptors (Lipinski definition) is 6. The molecule has 174 valence electrons. The van der Waals surface area contributed by atoms with Crippen molar-refractivity contribution in [1.29, 1.82) is 0 Å². The van der Waals surface area contributed by atoms with Crippen molar-refractivity contribution in [3.63, 3.8) is 0 Å². The van der Waals surface area contributed by atoms with Gasteiger partial charge in [0.15, 0.2) is 19.3 Å². The third kappa shape index (κ3) is 5.66. The fourth-order valence-corrected chi connectivity index (χ4v) is 4.96. The van der Waals surface area contributed by atoms with E-state index in [0.29, 0.717) is 26.3 Å². The van der Waals surface area contributed by atoms with Gasteiger partial charge in [0.1, 0.15) is 6.61 Å². The molecule has 3 aromatic rings. The molecule has 0 N–H and O–H groups in total. The molecule has 0 spiro atoms. The first kappa shape index (κ1) is 23.6. The summed E-state index contributed by atoms with van der Waals surface area (Å²) in [6.45, 7) is 4.72. The minimum absolute atomic E-state index is 0.272. The summed E-state index contributed by atoms with van der Waals surface area (Å²) in [5.74, 6) is -0.544. The Morgan fingerprint density at radius 1 is 0.971 bits per heavy atom. The molecule has 0 amide bonds. The molecule has 6 nitrogen and oxygen atoms in total. The zero-order chi connectivity index (χ0) is 23.9. The number of anilines is 1. The van der Waals surface area contributed by atoms with Crippen molar-refractivity contribution in [3.8, 4) is 0 Å². The second-order valence-corrected chi connectivity index (χ2v) is 8.81. The van der Waals surface area contributed by atoms with Crippen molar-refractivity contribution in [2.45, 2.75) is 25.3 Å². The first-order valence-electron chi connectivity index (χ1n) is 11.1. The smallest absolute Gasteiger partial charge is 0.302 e. The second kappa shape index (κ2) is 11.0. The van der Waals surface area contributed by atoms with Crippen LogP contribution in [0.3, 0.4) is 0 Å². The van der Waals surface area contributed by atoms with Crippen LogP contribution in [0, 0.1) is 0 Å². The van der Waals surface area contributed by atoms with Crippen LogP contribution in [0.25, 0.3) is 17.0 Å². The van der Waals surface area contributed by atoms with Gasteiger partial charge < -0.3 is 14.4 Å².